The molecule has 2 atom stereocenters. The largest absolute Gasteiger partial charge is 0.497 e. The second kappa shape index (κ2) is 4.79. The van der Waals surface area contributed by atoms with Crippen molar-refractivity contribution < 1.29 is 4.74 Å². The van der Waals surface area contributed by atoms with E-state index in [1.165, 1.54) is 5.56 Å². The fourth-order valence-corrected chi connectivity index (χ4v) is 3.03. The number of rotatable bonds is 4. The van der Waals surface area contributed by atoms with Gasteiger partial charge in [-0.2, -0.15) is 5.26 Å². The van der Waals surface area contributed by atoms with E-state index in [2.05, 4.69) is 51.2 Å². The van der Waals surface area contributed by atoms with Crippen LogP contribution >= 0.6 is 0 Å². The highest BCUT2D eigenvalue weighted by Gasteiger charge is 2.65. The summed E-state index contributed by atoms with van der Waals surface area (Å²) in [5, 5.41) is 13.1. The number of nitrogens with zero attached hydrogens (tertiary/aromatic N) is 1. The molecular weight excluding hydrogens is 248 g/mol. The van der Waals surface area contributed by atoms with Gasteiger partial charge in [0.2, 0.25) is 0 Å². The van der Waals surface area contributed by atoms with Crippen LogP contribution in [0.5, 0.6) is 5.75 Å². The molecule has 1 aliphatic rings. The van der Waals surface area contributed by atoms with Crippen molar-refractivity contribution in [1.82, 2.24) is 5.32 Å². The van der Waals surface area contributed by atoms with E-state index in [0.29, 0.717) is 0 Å². The third kappa shape index (κ3) is 2.81. The van der Waals surface area contributed by atoms with Crippen LogP contribution in [0, 0.1) is 16.7 Å². The van der Waals surface area contributed by atoms with Gasteiger partial charge >= 0.3 is 0 Å². The maximum Gasteiger partial charge on any atom is 0.119 e. The molecule has 1 aromatic carbocycles. The summed E-state index contributed by atoms with van der Waals surface area (Å²) >= 11 is 0. The normalized spacial score (nSPS) is 28.8. The molecule has 0 bridgehead atoms. The number of hydrogen-bond donors (Lipinski definition) is 1. The van der Waals surface area contributed by atoms with Crippen LogP contribution in [0.2, 0.25) is 0 Å². The molecule has 1 N–H and O–H groups in total. The van der Waals surface area contributed by atoms with Gasteiger partial charge in [-0.25, -0.2) is 0 Å². The molecule has 0 amide bonds. The smallest absolute Gasteiger partial charge is 0.119 e. The molecule has 0 radical (unpaired) electrons. The number of benzene rings is 1. The number of hydrogen-bond acceptors (Lipinski definition) is 3. The minimum absolute atomic E-state index is 0.0125. The van der Waals surface area contributed by atoms with Gasteiger partial charge in [0, 0.05) is 11.0 Å². The lowest BCUT2D eigenvalue weighted by atomic mass is 9.92. The van der Waals surface area contributed by atoms with Gasteiger partial charge in [0.1, 0.15) is 11.3 Å². The Bertz CT molecular complexity index is 541. The molecule has 1 saturated carbocycles. The monoisotopic (exact) mass is 272 g/mol. The zero-order chi connectivity index (χ0) is 15.0. The third-order valence-corrected chi connectivity index (χ3v) is 4.07. The van der Waals surface area contributed by atoms with E-state index in [1.807, 2.05) is 12.1 Å². The van der Waals surface area contributed by atoms with Crippen molar-refractivity contribution in [1.29, 1.82) is 5.26 Å². The molecule has 1 aliphatic carbocycles. The summed E-state index contributed by atoms with van der Waals surface area (Å²) in [4.78, 5) is 0. The van der Waals surface area contributed by atoms with Crippen LogP contribution in [0.4, 0.5) is 0 Å². The highest BCUT2D eigenvalue weighted by molar-refractivity contribution is 5.37. The predicted octanol–water partition coefficient (Wildman–Crippen LogP) is 3.30. The lowest BCUT2D eigenvalue weighted by Gasteiger charge is -2.28. The average molecular weight is 272 g/mol. The van der Waals surface area contributed by atoms with E-state index in [-0.39, 0.29) is 11.0 Å². The topological polar surface area (TPSA) is 45.0 Å². The van der Waals surface area contributed by atoms with Gasteiger partial charge in [-0.15, -0.1) is 0 Å². The summed E-state index contributed by atoms with van der Waals surface area (Å²) in [5.41, 5.74) is 0.747. The van der Waals surface area contributed by atoms with E-state index in [1.54, 1.807) is 7.11 Å². The fourth-order valence-electron chi connectivity index (χ4n) is 3.03. The minimum atomic E-state index is -0.408. The van der Waals surface area contributed by atoms with Gasteiger partial charge in [0.25, 0.3) is 0 Å². The van der Waals surface area contributed by atoms with Crippen LogP contribution in [0.3, 0.4) is 0 Å². The lowest BCUT2D eigenvalue weighted by Crippen LogP contribution is -2.47. The van der Waals surface area contributed by atoms with E-state index >= 15 is 0 Å². The van der Waals surface area contributed by atoms with Gasteiger partial charge in [-0.05, 0) is 51.3 Å². The molecule has 0 unspecified atom stereocenters. The summed E-state index contributed by atoms with van der Waals surface area (Å²) in [5.74, 6) is 0.873. The van der Waals surface area contributed by atoms with Crippen molar-refractivity contribution in [3.63, 3.8) is 0 Å². The first-order valence-electron chi connectivity index (χ1n) is 7.07. The number of ether oxygens (including phenoxy) is 1. The first kappa shape index (κ1) is 14.9. The van der Waals surface area contributed by atoms with Crippen molar-refractivity contribution >= 4 is 0 Å². The molecule has 0 heterocycles. The molecule has 3 heteroatoms. The molecule has 0 aromatic heterocycles. The standard InChI is InChI=1S/C17H24N2O/c1-15(2,3)19-17(12-18)11-16(17,4)10-13-7-6-8-14(9-13)20-5/h6-9,19H,10-11H2,1-5H3/t16-,17+/m0/s1. The first-order valence-corrected chi connectivity index (χ1v) is 7.07. The summed E-state index contributed by atoms with van der Waals surface area (Å²) < 4.78 is 5.27. The van der Waals surface area contributed by atoms with Crippen LogP contribution in [0.15, 0.2) is 24.3 Å². The predicted molar refractivity (Wildman–Crippen MR) is 80.7 cm³/mol. The summed E-state index contributed by atoms with van der Waals surface area (Å²) in [6.07, 6.45) is 1.78. The van der Waals surface area contributed by atoms with Crippen molar-refractivity contribution in [2.24, 2.45) is 5.41 Å². The van der Waals surface area contributed by atoms with Crippen LogP contribution in [-0.4, -0.2) is 18.2 Å². The second-order valence-electron chi connectivity index (χ2n) is 7.16. The SMILES string of the molecule is COc1cccc(C[C@@]2(C)C[C@]2(C#N)NC(C)(C)C)c1. The van der Waals surface area contributed by atoms with E-state index < -0.39 is 5.54 Å². The Morgan fingerprint density at radius 2 is 2.10 bits per heavy atom. The molecule has 0 saturated heterocycles. The lowest BCUT2D eigenvalue weighted by molar-refractivity contribution is 0.333. The van der Waals surface area contributed by atoms with Gasteiger partial charge in [-0.1, -0.05) is 19.1 Å². The zero-order valence-electron chi connectivity index (χ0n) is 13.1. The second-order valence-corrected chi connectivity index (χ2v) is 7.16. The molecule has 0 aliphatic heterocycles. The van der Waals surface area contributed by atoms with Crippen molar-refractivity contribution in [3.8, 4) is 11.8 Å². The van der Waals surface area contributed by atoms with Gasteiger partial charge in [-0.3, -0.25) is 5.32 Å². The van der Waals surface area contributed by atoms with Crippen LogP contribution in [-0.2, 0) is 6.42 Å². The van der Waals surface area contributed by atoms with E-state index in [4.69, 9.17) is 4.74 Å². The maximum atomic E-state index is 9.60. The molecule has 2 rings (SSSR count). The Kier molecular flexibility index (Phi) is 3.56. The quantitative estimate of drug-likeness (QED) is 0.914. The number of methoxy groups -OCH3 is 1. The molecule has 108 valence electrons. The van der Waals surface area contributed by atoms with Gasteiger partial charge in [0.15, 0.2) is 0 Å². The summed E-state index contributed by atoms with van der Waals surface area (Å²) in [6, 6.07) is 10.6. The third-order valence-electron chi connectivity index (χ3n) is 4.07. The van der Waals surface area contributed by atoms with Gasteiger partial charge < -0.3 is 4.74 Å². The molecule has 0 spiro atoms. The molecular formula is C17H24N2O. The maximum absolute atomic E-state index is 9.60. The van der Waals surface area contributed by atoms with Crippen LogP contribution in [0.25, 0.3) is 0 Å². The zero-order valence-corrected chi connectivity index (χ0v) is 13.1. The van der Waals surface area contributed by atoms with Crippen LogP contribution < -0.4 is 10.1 Å². The molecule has 1 fully saturated rings. The number of nitrogens with one attached hydrogen (secondary N) is 1. The average Bonchev–Trinajstić information content (AvgIpc) is 2.91. The Morgan fingerprint density at radius 1 is 1.40 bits per heavy atom. The first-order chi connectivity index (χ1) is 9.24. The fraction of sp³-hybridized carbons (Fsp3) is 0.588. The summed E-state index contributed by atoms with van der Waals surface area (Å²) in [6.45, 7) is 8.51. The highest BCUT2D eigenvalue weighted by atomic mass is 16.5. The molecule has 1 aromatic rings. The Labute approximate surface area is 121 Å². The Balaban J connectivity index is 2.16. The molecule has 3 nitrogen and oxygen atoms in total. The van der Waals surface area contributed by atoms with Gasteiger partial charge in [0.05, 0.1) is 13.2 Å². The van der Waals surface area contributed by atoms with Crippen molar-refractivity contribution in [3.05, 3.63) is 29.8 Å². The highest BCUT2D eigenvalue weighted by Crippen LogP contribution is 2.58. The Hall–Kier alpha value is -1.53. The summed E-state index contributed by atoms with van der Waals surface area (Å²) in [7, 11) is 1.68. The van der Waals surface area contributed by atoms with Crippen molar-refractivity contribution in [2.75, 3.05) is 7.11 Å². The molecule has 20 heavy (non-hydrogen) atoms. The Morgan fingerprint density at radius 3 is 2.65 bits per heavy atom. The number of nitriles is 1. The minimum Gasteiger partial charge on any atom is -0.497 e. The van der Waals surface area contributed by atoms with E-state index in [9.17, 15) is 5.26 Å². The van der Waals surface area contributed by atoms with Crippen molar-refractivity contribution in [2.45, 2.75) is 51.6 Å². The van der Waals surface area contributed by atoms with Crippen LogP contribution in [0.1, 0.15) is 39.7 Å². The van der Waals surface area contributed by atoms with E-state index in [0.717, 1.165) is 18.6 Å².